The minimum atomic E-state index is -0.0224. The van der Waals surface area contributed by atoms with Crippen LogP contribution >= 0.6 is 0 Å². The number of benzene rings is 1. The van der Waals surface area contributed by atoms with E-state index in [-0.39, 0.29) is 18.1 Å². The number of fused-ring (bicyclic) bond motifs is 1. The summed E-state index contributed by atoms with van der Waals surface area (Å²) in [4.78, 5) is 0. The van der Waals surface area contributed by atoms with Crippen LogP contribution in [0.25, 0.3) is 0 Å². The van der Waals surface area contributed by atoms with Crippen molar-refractivity contribution in [1.29, 1.82) is 0 Å². The van der Waals surface area contributed by atoms with Gasteiger partial charge in [0, 0.05) is 31.5 Å². The van der Waals surface area contributed by atoms with Gasteiger partial charge in [-0.2, -0.15) is 0 Å². The Bertz CT molecular complexity index is 363. The van der Waals surface area contributed by atoms with Crippen LogP contribution in [-0.4, -0.2) is 30.9 Å². The summed E-state index contributed by atoms with van der Waals surface area (Å²) in [5.74, 6) is 1.02. The average Bonchev–Trinajstić information content (AvgIpc) is 2.81. The molecule has 0 radical (unpaired) electrons. The Morgan fingerprint density at radius 3 is 2.89 bits per heavy atom. The second kappa shape index (κ2) is 5.72. The second-order valence-corrected chi connectivity index (χ2v) is 5.50. The summed E-state index contributed by atoms with van der Waals surface area (Å²) in [6.45, 7) is 6.10. The van der Waals surface area contributed by atoms with Gasteiger partial charge >= 0.3 is 0 Å². The van der Waals surface area contributed by atoms with Crippen molar-refractivity contribution in [2.75, 3.05) is 19.7 Å². The molecule has 0 aliphatic carbocycles. The van der Waals surface area contributed by atoms with Gasteiger partial charge in [-0.3, -0.25) is 0 Å². The maximum atomic E-state index is 9.35. The number of aliphatic hydroxyl groups excluding tert-OH is 1. The quantitative estimate of drug-likeness (QED) is 0.810. The standard InChI is InChI=1S/C15H23NO2/c1-3-15(2,11-17)10-16-9-13-8-12-6-4-5-7-14(12)18-13/h4-7,13,16-17H,3,8-11H2,1-2H3. The Kier molecular flexibility index (Phi) is 4.25. The molecule has 1 aliphatic heterocycles. The topological polar surface area (TPSA) is 41.5 Å². The highest BCUT2D eigenvalue weighted by atomic mass is 16.5. The average molecular weight is 249 g/mol. The van der Waals surface area contributed by atoms with Gasteiger partial charge in [0.1, 0.15) is 11.9 Å². The molecule has 2 unspecified atom stereocenters. The fourth-order valence-electron chi connectivity index (χ4n) is 2.20. The highest BCUT2D eigenvalue weighted by Crippen LogP contribution is 2.28. The Morgan fingerprint density at radius 2 is 2.22 bits per heavy atom. The van der Waals surface area contributed by atoms with Crippen molar-refractivity contribution in [3.63, 3.8) is 0 Å². The lowest BCUT2D eigenvalue weighted by molar-refractivity contribution is 0.129. The van der Waals surface area contributed by atoms with Crippen molar-refractivity contribution in [2.45, 2.75) is 32.8 Å². The SMILES string of the molecule is CCC(C)(CO)CNCC1Cc2ccccc2O1. The van der Waals surface area contributed by atoms with E-state index in [1.54, 1.807) is 0 Å². The number of para-hydroxylation sites is 1. The van der Waals surface area contributed by atoms with E-state index in [1.165, 1.54) is 5.56 Å². The monoisotopic (exact) mass is 249 g/mol. The fourth-order valence-corrected chi connectivity index (χ4v) is 2.20. The smallest absolute Gasteiger partial charge is 0.123 e. The van der Waals surface area contributed by atoms with Crippen molar-refractivity contribution in [1.82, 2.24) is 5.32 Å². The van der Waals surface area contributed by atoms with Crippen LogP contribution in [0.3, 0.4) is 0 Å². The largest absolute Gasteiger partial charge is 0.488 e. The number of nitrogens with one attached hydrogen (secondary N) is 1. The highest BCUT2D eigenvalue weighted by Gasteiger charge is 2.24. The summed E-state index contributed by atoms with van der Waals surface area (Å²) < 4.78 is 5.86. The molecular weight excluding hydrogens is 226 g/mol. The zero-order valence-corrected chi connectivity index (χ0v) is 11.3. The van der Waals surface area contributed by atoms with Gasteiger partial charge in [0.05, 0.1) is 0 Å². The first-order valence-corrected chi connectivity index (χ1v) is 6.73. The number of hydrogen-bond donors (Lipinski definition) is 2. The molecule has 3 nitrogen and oxygen atoms in total. The van der Waals surface area contributed by atoms with Crippen molar-refractivity contribution in [3.05, 3.63) is 29.8 Å². The molecule has 2 N–H and O–H groups in total. The molecule has 0 amide bonds. The number of rotatable bonds is 6. The molecule has 2 atom stereocenters. The van der Waals surface area contributed by atoms with E-state index >= 15 is 0 Å². The van der Waals surface area contributed by atoms with E-state index in [1.807, 2.05) is 12.1 Å². The lowest BCUT2D eigenvalue weighted by Gasteiger charge is -2.26. The van der Waals surface area contributed by atoms with E-state index in [2.05, 4.69) is 31.3 Å². The van der Waals surface area contributed by atoms with Gasteiger partial charge in [-0.1, -0.05) is 32.0 Å². The molecule has 0 spiro atoms. The summed E-state index contributed by atoms with van der Waals surface area (Å²) >= 11 is 0. The molecule has 0 saturated carbocycles. The van der Waals surface area contributed by atoms with Crippen molar-refractivity contribution in [3.8, 4) is 5.75 Å². The first-order valence-electron chi connectivity index (χ1n) is 6.73. The maximum absolute atomic E-state index is 9.35. The third kappa shape index (κ3) is 3.03. The Hall–Kier alpha value is -1.06. The van der Waals surface area contributed by atoms with Crippen LogP contribution in [0.2, 0.25) is 0 Å². The zero-order chi connectivity index (χ0) is 13.0. The Balaban J connectivity index is 1.77. The molecule has 1 aliphatic rings. The predicted molar refractivity (Wildman–Crippen MR) is 72.9 cm³/mol. The van der Waals surface area contributed by atoms with Gasteiger partial charge in [0.15, 0.2) is 0 Å². The van der Waals surface area contributed by atoms with Crippen molar-refractivity contribution in [2.24, 2.45) is 5.41 Å². The molecule has 0 saturated heterocycles. The summed E-state index contributed by atoms with van der Waals surface area (Å²) in [7, 11) is 0. The minimum Gasteiger partial charge on any atom is -0.488 e. The van der Waals surface area contributed by atoms with Gasteiger partial charge in [-0.25, -0.2) is 0 Å². The lowest BCUT2D eigenvalue weighted by Crippen LogP contribution is -2.39. The van der Waals surface area contributed by atoms with E-state index < -0.39 is 0 Å². The summed E-state index contributed by atoms with van der Waals surface area (Å²) in [6.07, 6.45) is 2.18. The second-order valence-electron chi connectivity index (χ2n) is 5.50. The van der Waals surface area contributed by atoms with E-state index in [4.69, 9.17) is 4.74 Å². The molecule has 0 aromatic heterocycles. The predicted octanol–water partition coefficient (Wildman–Crippen LogP) is 1.99. The van der Waals surface area contributed by atoms with Crippen LogP contribution in [0.15, 0.2) is 24.3 Å². The van der Waals surface area contributed by atoms with E-state index in [0.29, 0.717) is 0 Å². The van der Waals surface area contributed by atoms with Gasteiger partial charge in [-0.05, 0) is 18.1 Å². The lowest BCUT2D eigenvalue weighted by atomic mass is 9.88. The number of ether oxygens (including phenoxy) is 1. The molecule has 100 valence electrons. The first-order chi connectivity index (χ1) is 8.67. The molecule has 1 aromatic rings. The van der Waals surface area contributed by atoms with E-state index in [0.717, 1.165) is 31.7 Å². The fraction of sp³-hybridized carbons (Fsp3) is 0.600. The Labute approximate surface area is 109 Å². The molecule has 2 rings (SSSR count). The highest BCUT2D eigenvalue weighted by molar-refractivity contribution is 5.37. The zero-order valence-electron chi connectivity index (χ0n) is 11.3. The number of aliphatic hydroxyl groups is 1. The number of hydrogen-bond acceptors (Lipinski definition) is 3. The first kappa shape index (κ1) is 13.4. The molecule has 1 heterocycles. The maximum Gasteiger partial charge on any atom is 0.123 e. The van der Waals surface area contributed by atoms with E-state index in [9.17, 15) is 5.11 Å². The van der Waals surface area contributed by atoms with Crippen LogP contribution < -0.4 is 10.1 Å². The van der Waals surface area contributed by atoms with Gasteiger partial charge in [0.2, 0.25) is 0 Å². The van der Waals surface area contributed by atoms with Crippen molar-refractivity contribution < 1.29 is 9.84 Å². The van der Waals surface area contributed by atoms with Gasteiger partial charge < -0.3 is 15.2 Å². The third-order valence-electron chi connectivity index (χ3n) is 3.87. The van der Waals surface area contributed by atoms with Crippen LogP contribution in [0.5, 0.6) is 5.75 Å². The van der Waals surface area contributed by atoms with Gasteiger partial charge in [0.25, 0.3) is 0 Å². The summed E-state index contributed by atoms with van der Waals surface area (Å²) in [5, 5.41) is 12.8. The normalized spacial score (nSPS) is 21.2. The molecule has 18 heavy (non-hydrogen) atoms. The van der Waals surface area contributed by atoms with Crippen LogP contribution in [0.1, 0.15) is 25.8 Å². The van der Waals surface area contributed by atoms with Crippen LogP contribution in [0, 0.1) is 5.41 Å². The Morgan fingerprint density at radius 1 is 1.44 bits per heavy atom. The molecule has 0 fully saturated rings. The molecular formula is C15H23NO2. The van der Waals surface area contributed by atoms with Crippen LogP contribution in [-0.2, 0) is 6.42 Å². The minimum absolute atomic E-state index is 0.0224. The summed E-state index contributed by atoms with van der Waals surface area (Å²) in [5.41, 5.74) is 1.27. The summed E-state index contributed by atoms with van der Waals surface area (Å²) in [6, 6.07) is 8.21. The van der Waals surface area contributed by atoms with Crippen molar-refractivity contribution >= 4 is 0 Å². The molecule has 0 bridgehead atoms. The van der Waals surface area contributed by atoms with Gasteiger partial charge in [-0.15, -0.1) is 0 Å². The van der Waals surface area contributed by atoms with Crippen LogP contribution in [0.4, 0.5) is 0 Å². The molecule has 3 heteroatoms. The molecule has 1 aromatic carbocycles. The third-order valence-corrected chi connectivity index (χ3v) is 3.87.